The molecule has 0 atom stereocenters. The van der Waals surface area contributed by atoms with Gasteiger partial charge in [0.1, 0.15) is 6.29 Å². The molecule has 0 spiro atoms. The molecule has 0 bridgehead atoms. The van der Waals surface area contributed by atoms with Gasteiger partial charge >= 0.3 is 11.9 Å². The minimum Gasteiger partial charge on any atom is -0.338 e. The molecule has 0 aliphatic carbocycles. The van der Waals surface area contributed by atoms with Crippen LogP contribution in [0.3, 0.4) is 0 Å². The highest BCUT2D eigenvalue weighted by atomic mass is 16.7. The van der Waals surface area contributed by atoms with Crippen LogP contribution >= 0.6 is 0 Å². The Morgan fingerprint density at radius 3 is 2.04 bits per heavy atom. The third kappa shape index (κ3) is 5.86. The molecule has 156 valence electrons. The average molecular weight is 398 g/mol. The molecule has 0 aromatic heterocycles. The lowest BCUT2D eigenvalue weighted by Crippen LogP contribution is -2.43. The van der Waals surface area contributed by atoms with Gasteiger partial charge in [-0.3, -0.25) is 14.4 Å². The van der Waals surface area contributed by atoms with E-state index >= 15 is 0 Å². The maximum Gasteiger partial charge on any atom is 0.338 e. The molecule has 3 amide bonds. The molecule has 0 unspecified atom stereocenters. The smallest absolute Gasteiger partial charge is 0.338 e. The van der Waals surface area contributed by atoms with Crippen LogP contribution in [0.4, 0.5) is 0 Å². The van der Waals surface area contributed by atoms with Crippen LogP contribution in [0.1, 0.15) is 59.8 Å². The molecule has 0 aromatic rings. The lowest BCUT2D eigenvalue weighted by molar-refractivity contribution is -0.209. The van der Waals surface area contributed by atoms with E-state index in [0.29, 0.717) is 11.3 Å². The van der Waals surface area contributed by atoms with Gasteiger partial charge in [-0.2, -0.15) is 5.06 Å². The first-order valence-corrected chi connectivity index (χ1v) is 8.82. The second kappa shape index (κ2) is 8.94. The van der Waals surface area contributed by atoms with Gasteiger partial charge in [0.15, 0.2) is 0 Å². The number of aldehydes is 1. The summed E-state index contributed by atoms with van der Waals surface area (Å²) in [6, 6.07) is 0. The van der Waals surface area contributed by atoms with Gasteiger partial charge in [0.2, 0.25) is 0 Å². The number of hydrogen-bond donors (Lipinski definition) is 0. The molecule has 1 fully saturated rings. The van der Waals surface area contributed by atoms with E-state index in [1.165, 1.54) is 34.7 Å². The Labute approximate surface area is 163 Å². The molecule has 0 saturated carbocycles. The van der Waals surface area contributed by atoms with E-state index in [9.17, 15) is 28.8 Å². The number of carbonyl (C=O) groups is 6. The summed E-state index contributed by atoms with van der Waals surface area (Å²) in [7, 11) is 1.26. The number of rotatable bonds is 8. The van der Waals surface area contributed by atoms with Gasteiger partial charge < -0.3 is 14.5 Å². The zero-order valence-corrected chi connectivity index (χ0v) is 16.8. The SMILES string of the molecule is CN(OC(=O)C(C)(C)CC(C)(C)C(=O)ON1C(=O)CCC1=O)C(=O)CCC=O. The van der Waals surface area contributed by atoms with Crippen molar-refractivity contribution < 1.29 is 38.4 Å². The molecule has 10 heteroatoms. The van der Waals surface area contributed by atoms with Crippen LogP contribution in [-0.4, -0.2) is 53.1 Å². The van der Waals surface area contributed by atoms with Crippen molar-refractivity contribution in [3.05, 3.63) is 0 Å². The third-order valence-corrected chi connectivity index (χ3v) is 4.22. The summed E-state index contributed by atoms with van der Waals surface area (Å²) in [6.07, 6.45) is 0.426. The van der Waals surface area contributed by atoms with Gasteiger partial charge in [-0.15, -0.1) is 5.06 Å². The van der Waals surface area contributed by atoms with E-state index in [1.807, 2.05) is 0 Å². The van der Waals surface area contributed by atoms with Gasteiger partial charge in [0, 0.05) is 32.7 Å². The topological polar surface area (TPSA) is 127 Å². The second-order valence-electron chi connectivity index (χ2n) is 7.88. The van der Waals surface area contributed by atoms with E-state index in [1.54, 1.807) is 0 Å². The molecule has 1 aliphatic heterocycles. The second-order valence-corrected chi connectivity index (χ2v) is 7.88. The summed E-state index contributed by atoms with van der Waals surface area (Å²) < 4.78 is 0. The molecule has 1 rings (SSSR count). The van der Waals surface area contributed by atoms with Crippen molar-refractivity contribution in [3.63, 3.8) is 0 Å². The molecular weight excluding hydrogens is 372 g/mol. The Kier molecular flexibility index (Phi) is 7.43. The van der Waals surface area contributed by atoms with Crippen molar-refractivity contribution in [1.82, 2.24) is 10.1 Å². The zero-order valence-electron chi connectivity index (χ0n) is 16.8. The van der Waals surface area contributed by atoms with Gasteiger partial charge in [-0.05, 0) is 34.1 Å². The highest BCUT2D eigenvalue weighted by molar-refractivity contribution is 6.01. The van der Waals surface area contributed by atoms with Crippen molar-refractivity contribution >= 4 is 35.9 Å². The molecule has 0 aromatic carbocycles. The van der Waals surface area contributed by atoms with Crippen LogP contribution in [0.15, 0.2) is 0 Å². The normalized spacial score (nSPS) is 14.7. The molecule has 1 aliphatic rings. The lowest BCUT2D eigenvalue weighted by Gasteiger charge is -2.32. The Bertz CT molecular complexity index is 667. The van der Waals surface area contributed by atoms with E-state index in [0.717, 1.165) is 5.06 Å². The number of amides is 3. The third-order valence-electron chi connectivity index (χ3n) is 4.22. The summed E-state index contributed by atoms with van der Waals surface area (Å²) in [5.41, 5.74) is -2.42. The van der Waals surface area contributed by atoms with Crippen LogP contribution < -0.4 is 0 Å². The van der Waals surface area contributed by atoms with Crippen LogP contribution in [0.5, 0.6) is 0 Å². The van der Waals surface area contributed by atoms with E-state index in [4.69, 9.17) is 9.68 Å². The number of nitrogens with zero attached hydrogens (tertiary/aromatic N) is 2. The van der Waals surface area contributed by atoms with Gasteiger partial charge in [-0.1, -0.05) is 0 Å². The molecule has 1 heterocycles. The summed E-state index contributed by atoms with van der Waals surface area (Å²) in [5.74, 6) is -3.33. The Morgan fingerprint density at radius 1 is 1.04 bits per heavy atom. The first kappa shape index (κ1) is 23.3. The maximum absolute atomic E-state index is 12.4. The standard InChI is InChI=1S/C18H26N2O8/c1-17(2,15(25)27-19(5)12(22)7-6-10-21)11-18(3,4)16(26)28-20-13(23)8-9-14(20)24/h10H,6-9,11H2,1-5H3. The van der Waals surface area contributed by atoms with Gasteiger partial charge in [0.25, 0.3) is 17.7 Å². The van der Waals surface area contributed by atoms with E-state index in [2.05, 4.69) is 0 Å². The quantitative estimate of drug-likeness (QED) is 0.336. The minimum absolute atomic E-state index is 0.0108. The fourth-order valence-electron chi connectivity index (χ4n) is 2.75. The van der Waals surface area contributed by atoms with Crippen LogP contribution in [0.25, 0.3) is 0 Å². The van der Waals surface area contributed by atoms with Gasteiger partial charge in [0.05, 0.1) is 10.8 Å². The summed E-state index contributed by atoms with van der Waals surface area (Å²) in [6.45, 7) is 6.07. The average Bonchev–Trinajstić information content (AvgIpc) is 2.90. The van der Waals surface area contributed by atoms with Crippen LogP contribution in [0, 0.1) is 10.8 Å². The Hall–Kier alpha value is -2.78. The monoisotopic (exact) mass is 398 g/mol. The van der Waals surface area contributed by atoms with Crippen molar-refractivity contribution in [2.75, 3.05) is 7.05 Å². The van der Waals surface area contributed by atoms with Crippen molar-refractivity contribution in [3.8, 4) is 0 Å². The summed E-state index contributed by atoms with van der Waals surface area (Å²) in [5, 5.41) is 1.20. The Morgan fingerprint density at radius 2 is 1.54 bits per heavy atom. The molecule has 0 N–H and O–H groups in total. The first-order chi connectivity index (χ1) is 12.8. The molecule has 28 heavy (non-hydrogen) atoms. The molecule has 1 saturated heterocycles. The van der Waals surface area contributed by atoms with E-state index < -0.39 is 40.5 Å². The molecule has 0 radical (unpaired) electrons. The predicted molar refractivity (Wildman–Crippen MR) is 93.5 cm³/mol. The minimum atomic E-state index is -1.23. The molecule has 10 nitrogen and oxygen atoms in total. The van der Waals surface area contributed by atoms with Crippen molar-refractivity contribution in [1.29, 1.82) is 0 Å². The van der Waals surface area contributed by atoms with Crippen molar-refractivity contribution in [2.24, 2.45) is 10.8 Å². The summed E-state index contributed by atoms with van der Waals surface area (Å²) >= 11 is 0. The first-order valence-electron chi connectivity index (χ1n) is 8.82. The number of hydrogen-bond acceptors (Lipinski definition) is 8. The van der Waals surface area contributed by atoms with Crippen molar-refractivity contribution in [2.45, 2.75) is 59.8 Å². The largest absolute Gasteiger partial charge is 0.338 e. The maximum atomic E-state index is 12.4. The summed E-state index contributed by atoms with van der Waals surface area (Å²) in [4.78, 5) is 80.1. The highest BCUT2D eigenvalue weighted by Gasteiger charge is 2.44. The Balaban J connectivity index is 2.73. The lowest BCUT2D eigenvalue weighted by atomic mass is 9.75. The van der Waals surface area contributed by atoms with Crippen LogP contribution in [0.2, 0.25) is 0 Å². The fraction of sp³-hybridized carbons (Fsp3) is 0.667. The van der Waals surface area contributed by atoms with Crippen LogP contribution in [-0.2, 0) is 38.4 Å². The van der Waals surface area contributed by atoms with Gasteiger partial charge in [-0.25, -0.2) is 9.59 Å². The number of hydroxylamine groups is 4. The predicted octanol–water partition coefficient (Wildman–Crippen LogP) is 0.932. The zero-order chi connectivity index (χ0) is 21.7. The molecular formula is C18H26N2O8. The highest BCUT2D eigenvalue weighted by Crippen LogP contribution is 2.36. The number of imide groups is 1. The van der Waals surface area contributed by atoms with E-state index in [-0.39, 0.29) is 32.1 Å². The number of carbonyl (C=O) groups excluding carboxylic acids is 6. The fourth-order valence-corrected chi connectivity index (χ4v) is 2.75.